The lowest BCUT2D eigenvalue weighted by atomic mass is 10.1. The number of thioether (sulfide) groups is 1. The fourth-order valence-electron chi connectivity index (χ4n) is 2.06. The molecule has 1 heterocycles. The highest BCUT2D eigenvalue weighted by molar-refractivity contribution is 8.13. The molecule has 1 aromatic heterocycles. The number of rotatable bonds is 3. The lowest BCUT2D eigenvalue weighted by Crippen LogP contribution is -2.26. The van der Waals surface area contributed by atoms with Gasteiger partial charge in [-0.1, -0.05) is 30.0 Å². The second-order valence-electron chi connectivity index (χ2n) is 4.42. The van der Waals surface area contributed by atoms with Crippen LogP contribution in [0.3, 0.4) is 0 Å². The standard InChI is InChI=1S/C15H19N3S/c1-16-15(19-3)18(2)9-8-12-10-13-6-4-5-7-14(13)17-11-12/h4-7,10-11H,8-9H2,1-3H3. The summed E-state index contributed by atoms with van der Waals surface area (Å²) < 4.78 is 0. The average Bonchev–Trinajstić information content (AvgIpc) is 2.46. The molecule has 0 radical (unpaired) electrons. The van der Waals surface area contributed by atoms with Gasteiger partial charge in [0.15, 0.2) is 5.17 Å². The largest absolute Gasteiger partial charge is 0.354 e. The highest BCUT2D eigenvalue weighted by Crippen LogP contribution is 2.13. The van der Waals surface area contributed by atoms with Gasteiger partial charge in [-0.25, -0.2) is 0 Å². The van der Waals surface area contributed by atoms with Crippen LogP contribution in [0.4, 0.5) is 0 Å². The molecule has 0 N–H and O–H groups in total. The maximum atomic E-state index is 4.49. The van der Waals surface area contributed by atoms with Crippen LogP contribution in [0.1, 0.15) is 5.56 Å². The highest BCUT2D eigenvalue weighted by atomic mass is 32.2. The van der Waals surface area contributed by atoms with Crippen molar-refractivity contribution in [3.05, 3.63) is 42.1 Å². The van der Waals surface area contributed by atoms with Crippen LogP contribution in [0, 0.1) is 0 Å². The van der Waals surface area contributed by atoms with Crippen LogP contribution in [-0.2, 0) is 6.42 Å². The fraction of sp³-hybridized carbons (Fsp3) is 0.333. The zero-order valence-electron chi connectivity index (χ0n) is 11.6. The molecule has 0 amide bonds. The van der Waals surface area contributed by atoms with Crippen molar-refractivity contribution in [2.45, 2.75) is 6.42 Å². The van der Waals surface area contributed by atoms with Gasteiger partial charge in [0.2, 0.25) is 0 Å². The van der Waals surface area contributed by atoms with Crippen molar-refractivity contribution in [2.24, 2.45) is 4.99 Å². The molecule has 0 spiro atoms. The van der Waals surface area contributed by atoms with Gasteiger partial charge < -0.3 is 4.90 Å². The number of likely N-dealkylation sites (N-methyl/N-ethyl adjacent to an activating group) is 1. The zero-order chi connectivity index (χ0) is 13.7. The van der Waals surface area contributed by atoms with Gasteiger partial charge in [-0.2, -0.15) is 0 Å². The summed E-state index contributed by atoms with van der Waals surface area (Å²) in [7, 11) is 3.91. The van der Waals surface area contributed by atoms with E-state index < -0.39 is 0 Å². The van der Waals surface area contributed by atoms with Crippen LogP contribution in [0.5, 0.6) is 0 Å². The SMILES string of the molecule is CN=C(SC)N(C)CCc1cnc2ccccc2c1. The lowest BCUT2D eigenvalue weighted by molar-refractivity contribution is 0.517. The summed E-state index contributed by atoms with van der Waals surface area (Å²) in [4.78, 5) is 10.9. The first-order chi connectivity index (χ1) is 9.24. The van der Waals surface area contributed by atoms with Crippen LogP contribution in [0.15, 0.2) is 41.5 Å². The van der Waals surface area contributed by atoms with E-state index in [1.807, 2.05) is 25.4 Å². The summed E-state index contributed by atoms with van der Waals surface area (Å²) in [6.45, 7) is 0.952. The summed E-state index contributed by atoms with van der Waals surface area (Å²) in [5, 5.41) is 2.27. The van der Waals surface area contributed by atoms with Crippen LogP contribution in [0.25, 0.3) is 10.9 Å². The molecule has 1 aromatic carbocycles. The Balaban J connectivity index is 2.05. The van der Waals surface area contributed by atoms with E-state index in [9.17, 15) is 0 Å². The maximum Gasteiger partial charge on any atom is 0.158 e. The first-order valence-electron chi connectivity index (χ1n) is 6.30. The molecule has 0 aliphatic rings. The molecule has 0 saturated carbocycles. The number of aromatic nitrogens is 1. The summed E-state index contributed by atoms with van der Waals surface area (Å²) in [5.74, 6) is 0. The Bertz CT molecular complexity index is 580. The first-order valence-corrected chi connectivity index (χ1v) is 7.52. The normalized spacial score (nSPS) is 11.8. The van der Waals surface area contributed by atoms with Crippen molar-refractivity contribution in [3.8, 4) is 0 Å². The molecule has 0 fully saturated rings. The highest BCUT2D eigenvalue weighted by Gasteiger charge is 2.05. The monoisotopic (exact) mass is 273 g/mol. The Morgan fingerprint density at radius 2 is 2.16 bits per heavy atom. The third kappa shape index (κ3) is 3.47. The molecule has 2 aromatic rings. The second kappa shape index (κ2) is 6.57. The predicted molar refractivity (Wildman–Crippen MR) is 85.0 cm³/mol. The van der Waals surface area contributed by atoms with E-state index in [-0.39, 0.29) is 0 Å². The summed E-state index contributed by atoms with van der Waals surface area (Å²) in [5.41, 5.74) is 2.32. The van der Waals surface area contributed by atoms with Crippen molar-refractivity contribution in [1.82, 2.24) is 9.88 Å². The van der Waals surface area contributed by atoms with Gasteiger partial charge in [-0.05, 0) is 30.4 Å². The van der Waals surface area contributed by atoms with Crippen molar-refractivity contribution >= 4 is 27.8 Å². The number of aliphatic imine (C=N–C) groups is 1. The minimum atomic E-state index is 0.952. The van der Waals surface area contributed by atoms with Gasteiger partial charge in [0, 0.05) is 32.2 Å². The van der Waals surface area contributed by atoms with E-state index in [0.717, 1.165) is 23.6 Å². The Labute approximate surface area is 118 Å². The van der Waals surface area contributed by atoms with E-state index in [4.69, 9.17) is 0 Å². The van der Waals surface area contributed by atoms with Gasteiger partial charge in [-0.3, -0.25) is 9.98 Å². The number of para-hydroxylation sites is 1. The quantitative estimate of drug-likeness (QED) is 0.635. The fourth-order valence-corrected chi connectivity index (χ4v) is 2.65. The molecular formula is C15H19N3S. The minimum Gasteiger partial charge on any atom is -0.354 e. The number of amidine groups is 1. The van der Waals surface area contributed by atoms with Gasteiger partial charge in [0.25, 0.3) is 0 Å². The van der Waals surface area contributed by atoms with E-state index in [1.54, 1.807) is 11.8 Å². The molecule has 3 nitrogen and oxygen atoms in total. The molecule has 19 heavy (non-hydrogen) atoms. The number of nitrogens with zero attached hydrogens (tertiary/aromatic N) is 3. The summed E-state index contributed by atoms with van der Waals surface area (Å²) >= 11 is 1.68. The summed E-state index contributed by atoms with van der Waals surface area (Å²) in [6.07, 6.45) is 5.00. The lowest BCUT2D eigenvalue weighted by Gasteiger charge is -2.19. The molecular weight excluding hydrogens is 254 g/mol. The predicted octanol–water partition coefficient (Wildman–Crippen LogP) is 3.06. The van der Waals surface area contributed by atoms with Crippen LogP contribution in [0.2, 0.25) is 0 Å². The van der Waals surface area contributed by atoms with Gasteiger partial charge in [0.05, 0.1) is 5.52 Å². The van der Waals surface area contributed by atoms with Crippen molar-refractivity contribution in [2.75, 3.05) is 26.9 Å². The molecule has 4 heteroatoms. The third-order valence-corrected chi connectivity index (χ3v) is 3.94. The number of benzene rings is 1. The Morgan fingerprint density at radius 1 is 1.37 bits per heavy atom. The molecule has 0 aliphatic heterocycles. The average molecular weight is 273 g/mol. The Kier molecular flexibility index (Phi) is 4.80. The van der Waals surface area contributed by atoms with Crippen LogP contribution >= 0.6 is 11.8 Å². The van der Waals surface area contributed by atoms with Crippen LogP contribution in [-0.4, -0.2) is 41.9 Å². The molecule has 0 saturated heterocycles. The molecule has 0 bridgehead atoms. The van der Waals surface area contributed by atoms with Crippen LogP contribution < -0.4 is 0 Å². The Hall–Kier alpha value is -1.55. The van der Waals surface area contributed by atoms with Gasteiger partial charge in [0.1, 0.15) is 0 Å². The van der Waals surface area contributed by atoms with Crippen molar-refractivity contribution < 1.29 is 0 Å². The minimum absolute atomic E-state index is 0.952. The smallest absolute Gasteiger partial charge is 0.158 e. The van der Waals surface area contributed by atoms with E-state index in [2.05, 4.69) is 46.4 Å². The molecule has 2 rings (SSSR count). The first kappa shape index (κ1) is 13.9. The second-order valence-corrected chi connectivity index (χ2v) is 5.19. The molecule has 0 unspecified atom stereocenters. The number of hydrogen-bond acceptors (Lipinski definition) is 3. The number of hydrogen-bond donors (Lipinski definition) is 0. The molecule has 100 valence electrons. The van der Waals surface area contributed by atoms with Crippen molar-refractivity contribution in [3.63, 3.8) is 0 Å². The van der Waals surface area contributed by atoms with E-state index in [0.29, 0.717) is 0 Å². The topological polar surface area (TPSA) is 28.5 Å². The molecule has 0 aliphatic carbocycles. The Morgan fingerprint density at radius 3 is 2.89 bits per heavy atom. The number of pyridine rings is 1. The number of fused-ring (bicyclic) bond motifs is 1. The molecule has 0 atom stereocenters. The maximum absolute atomic E-state index is 4.49. The van der Waals surface area contributed by atoms with E-state index >= 15 is 0 Å². The third-order valence-electron chi connectivity index (χ3n) is 3.08. The van der Waals surface area contributed by atoms with Gasteiger partial charge in [-0.15, -0.1) is 0 Å². The van der Waals surface area contributed by atoms with Gasteiger partial charge >= 0.3 is 0 Å². The van der Waals surface area contributed by atoms with Crippen molar-refractivity contribution in [1.29, 1.82) is 0 Å². The summed E-state index contributed by atoms with van der Waals surface area (Å²) in [6, 6.07) is 10.4. The van der Waals surface area contributed by atoms with E-state index in [1.165, 1.54) is 10.9 Å². The zero-order valence-corrected chi connectivity index (χ0v) is 12.4.